The Morgan fingerprint density at radius 1 is 1.61 bits per heavy atom. The highest BCUT2D eigenvalue weighted by atomic mass is 32.1. The minimum Gasteiger partial charge on any atom is -0.480 e. The van der Waals surface area contributed by atoms with Crippen LogP contribution in [-0.2, 0) is 4.79 Å². The van der Waals surface area contributed by atoms with E-state index in [1.165, 1.54) is 12.4 Å². The van der Waals surface area contributed by atoms with Crippen molar-refractivity contribution in [3.63, 3.8) is 0 Å². The number of hydrogen-bond acceptors (Lipinski definition) is 5. The van der Waals surface area contributed by atoms with Crippen LogP contribution in [0.15, 0.2) is 11.4 Å². The third-order valence-electron chi connectivity index (χ3n) is 2.47. The molecule has 1 amide bonds. The van der Waals surface area contributed by atoms with Gasteiger partial charge in [0.1, 0.15) is 6.04 Å². The minimum absolute atomic E-state index is 0.133. The lowest BCUT2D eigenvalue weighted by Crippen LogP contribution is -2.41. The highest BCUT2D eigenvalue weighted by Gasteiger charge is 2.27. The number of rotatable bonds is 5. The van der Waals surface area contributed by atoms with Gasteiger partial charge in [-0.3, -0.25) is 14.9 Å². The molecule has 0 saturated heterocycles. The van der Waals surface area contributed by atoms with Crippen molar-refractivity contribution in [2.75, 3.05) is 7.05 Å². The van der Waals surface area contributed by atoms with Crippen LogP contribution < -0.4 is 0 Å². The Bertz CT molecular complexity index is 484. The molecule has 1 atom stereocenters. The predicted molar refractivity (Wildman–Crippen MR) is 64.8 cm³/mol. The van der Waals surface area contributed by atoms with Crippen molar-refractivity contribution in [1.82, 2.24) is 4.90 Å². The van der Waals surface area contributed by atoms with Crippen molar-refractivity contribution in [3.05, 3.63) is 27.1 Å². The van der Waals surface area contributed by atoms with Gasteiger partial charge >= 0.3 is 11.0 Å². The fraction of sp³-hybridized carbons (Fsp3) is 0.400. The molecular weight excluding hydrogens is 260 g/mol. The number of nitrogens with zero attached hydrogens (tertiary/aromatic N) is 2. The lowest BCUT2D eigenvalue weighted by molar-refractivity contribution is -0.380. The van der Waals surface area contributed by atoms with E-state index in [1.54, 1.807) is 6.92 Å². The molecule has 0 spiro atoms. The Balaban J connectivity index is 2.91. The van der Waals surface area contributed by atoms with E-state index < -0.39 is 22.8 Å². The molecule has 8 heteroatoms. The summed E-state index contributed by atoms with van der Waals surface area (Å²) in [7, 11) is 1.37. The molecule has 0 aliphatic heterocycles. The zero-order valence-corrected chi connectivity index (χ0v) is 10.6. The van der Waals surface area contributed by atoms with Crippen LogP contribution in [0, 0.1) is 10.1 Å². The molecule has 98 valence electrons. The molecule has 0 saturated carbocycles. The number of carboxylic acids is 1. The molecule has 0 aliphatic rings. The molecule has 18 heavy (non-hydrogen) atoms. The largest absolute Gasteiger partial charge is 0.480 e. The molecule has 0 bridgehead atoms. The number of carbonyl (C=O) groups excluding carboxylic acids is 1. The van der Waals surface area contributed by atoms with Gasteiger partial charge in [-0.15, -0.1) is 0 Å². The number of hydrogen-bond donors (Lipinski definition) is 1. The zero-order chi connectivity index (χ0) is 13.9. The Morgan fingerprint density at radius 2 is 2.22 bits per heavy atom. The molecule has 1 aromatic heterocycles. The van der Waals surface area contributed by atoms with Crippen molar-refractivity contribution in [2.24, 2.45) is 0 Å². The van der Waals surface area contributed by atoms with Crippen LogP contribution >= 0.6 is 11.3 Å². The Labute approximate surface area is 107 Å². The van der Waals surface area contributed by atoms with Crippen molar-refractivity contribution in [3.8, 4) is 0 Å². The predicted octanol–water partition coefficient (Wildman–Crippen LogP) is 1.59. The highest BCUT2D eigenvalue weighted by molar-refractivity contribution is 7.13. The average molecular weight is 272 g/mol. The summed E-state index contributed by atoms with van der Waals surface area (Å²) in [6, 6.07) is 0.217. The fourth-order valence-corrected chi connectivity index (χ4v) is 2.19. The second kappa shape index (κ2) is 5.58. The Hall–Kier alpha value is -1.96. The smallest absolute Gasteiger partial charge is 0.326 e. The molecule has 0 radical (unpaired) electrons. The maximum atomic E-state index is 11.9. The number of nitro groups is 1. The molecule has 7 nitrogen and oxygen atoms in total. The summed E-state index contributed by atoms with van der Waals surface area (Å²) in [5.74, 6) is -1.63. The van der Waals surface area contributed by atoms with E-state index in [-0.39, 0.29) is 17.0 Å². The first-order valence-corrected chi connectivity index (χ1v) is 5.99. The summed E-state index contributed by atoms with van der Waals surface area (Å²) in [4.78, 5) is 33.8. The van der Waals surface area contributed by atoms with Crippen LogP contribution in [-0.4, -0.2) is 39.9 Å². The summed E-state index contributed by atoms with van der Waals surface area (Å²) in [6.45, 7) is 1.65. The van der Waals surface area contributed by atoms with Crippen molar-refractivity contribution < 1.29 is 19.6 Å². The normalized spacial score (nSPS) is 11.9. The Kier molecular flexibility index (Phi) is 4.38. The minimum atomic E-state index is -1.10. The van der Waals surface area contributed by atoms with Gasteiger partial charge in [0.2, 0.25) is 0 Å². The SMILES string of the molecule is CCC(C(=O)O)N(C)C(=O)c1csc([N+](=O)[O-])c1. The fourth-order valence-electron chi connectivity index (χ4n) is 1.49. The second-order valence-electron chi connectivity index (χ2n) is 3.61. The van der Waals surface area contributed by atoms with Crippen molar-refractivity contribution in [2.45, 2.75) is 19.4 Å². The van der Waals surface area contributed by atoms with E-state index in [9.17, 15) is 19.7 Å². The maximum Gasteiger partial charge on any atom is 0.326 e. The molecule has 0 fully saturated rings. The van der Waals surface area contributed by atoms with Crippen molar-refractivity contribution in [1.29, 1.82) is 0 Å². The van der Waals surface area contributed by atoms with Gasteiger partial charge in [0.25, 0.3) is 5.91 Å². The van der Waals surface area contributed by atoms with Gasteiger partial charge in [-0.05, 0) is 6.42 Å². The van der Waals surface area contributed by atoms with E-state index in [1.807, 2.05) is 0 Å². The van der Waals surface area contributed by atoms with Crippen LogP contribution in [0.4, 0.5) is 5.00 Å². The lowest BCUT2D eigenvalue weighted by atomic mass is 10.2. The third-order valence-corrected chi connectivity index (χ3v) is 3.35. The number of carbonyl (C=O) groups is 2. The topological polar surface area (TPSA) is 101 Å². The molecule has 0 aliphatic carbocycles. The first kappa shape index (κ1) is 14.1. The maximum absolute atomic E-state index is 11.9. The first-order valence-electron chi connectivity index (χ1n) is 5.11. The van der Waals surface area contributed by atoms with E-state index in [2.05, 4.69) is 0 Å². The molecule has 1 unspecified atom stereocenters. The molecule has 0 aromatic carbocycles. The molecule has 1 N–H and O–H groups in total. The van der Waals surface area contributed by atoms with Gasteiger partial charge in [0.05, 0.1) is 10.5 Å². The van der Waals surface area contributed by atoms with E-state index in [4.69, 9.17) is 5.11 Å². The molecule has 1 aromatic rings. The van der Waals surface area contributed by atoms with Gasteiger partial charge in [-0.1, -0.05) is 18.3 Å². The lowest BCUT2D eigenvalue weighted by Gasteiger charge is -2.23. The second-order valence-corrected chi connectivity index (χ2v) is 4.50. The van der Waals surface area contributed by atoms with Crippen LogP contribution in [0.1, 0.15) is 23.7 Å². The monoisotopic (exact) mass is 272 g/mol. The van der Waals surface area contributed by atoms with Crippen LogP contribution in [0.2, 0.25) is 0 Å². The summed E-state index contributed by atoms with van der Waals surface area (Å²) >= 11 is 0.837. The van der Waals surface area contributed by atoms with Gasteiger partial charge in [-0.2, -0.15) is 0 Å². The van der Waals surface area contributed by atoms with E-state index in [0.717, 1.165) is 22.3 Å². The van der Waals surface area contributed by atoms with Gasteiger partial charge in [0.15, 0.2) is 0 Å². The number of carboxylic acid groups (broad SMARTS) is 1. The number of aliphatic carboxylic acids is 1. The molecular formula is C10H12N2O5S. The number of likely N-dealkylation sites (N-methyl/N-ethyl adjacent to an activating group) is 1. The summed E-state index contributed by atoms with van der Waals surface area (Å²) in [5, 5.41) is 20.6. The summed E-state index contributed by atoms with van der Waals surface area (Å²) in [5.41, 5.74) is 0.133. The van der Waals surface area contributed by atoms with Crippen LogP contribution in [0.3, 0.4) is 0 Å². The van der Waals surface area contributed by atoms with Gasteiger partial charge in [0, 0.05) is 18.5 Å². The van der Waals surface area contributed by atoms with Crippen molar-refractivity contribution >= 4 is 28.2 Å². The van der Waals surface area contributed by atoms with Crippen LogP contribution in [0.5, 0.6) is 0 Å². The quantitative estimate of drug-likeness (QED) is 0.648. The van der Waals surface area contributed by atoms with Gasteiger partial charge in [-0.25, -0.2) is 4.79 Å². The molecule has 1 rings (SSSR count). The van der Waals surface area contributed by atoms with Gasteiger partial charge < -0.3 is 10.0 Å². The highest BCUT2D eigenvalue weighted by Crippen LogP contribution is 2.24. The number of thiophene rings is 1. The third kappa shape index (κ3) is 2.83. The standard InChI is InChI=1S/C10H12N2O5S/c1-3-7(10(14)15)11(2)9(13)6-4-8(12(16)17)18-5-6/h4-5,7H,3H2,1-2H3,(H,14,15). The van der Waals surface area contributed by atoms with E-state index >= 15 is 0 Å². The average Bonchev–Trinajstić information content (AvgIpc) is 2.77. The zero-order valence-electron chi connectivity index (χ0n) is 9.82. The Morgan fingerprint density at radius 3 is 2.61 bits per heavy atom. The molecule has 1 heterocycles. The number of amides is 1. The van der Waals surface area contributed by atoms with Crippen LogP contribution in [0.25, 0.3) is 0 Å². The van der Waals surface area contributed by atoms with E-state index in [0.29, 0.717) is 0 Å². The summed E-state index contributed by atoms with van der Waals surface area (Å²) < 4.78 is 0. The first-order chi connectivity index (χ1) is 8.38. The summed E-state index contributed by atoms with van der Waals surface area (Å²) in [6.07, 6.45) is 0.268.